The van der Waals surface area contributed by atoms with Gasteiger partial charge in [-0.25, -0.2) is 0 Å². The molecule has 0 N–H and O–H groups in total. The van der Waals surface area contributed by atoms with E-state index in [0.717, 1.165) is 23.6 Å². The monoisotopic (exact) mass is 531 g/mol. The summed E-state index contributed by atoms with van der Waals surface area (Å²) in [5, 5.41) is 0. The summed E-state index contributed by atoms with van der Waals surface area (Å²) in [7, 11) is -2.75. The smallest absolute Gasteiger partial charge is 0.425 e. The molecule has 4 nitrogen and oxygen atoms in total. The lowest BCUT2D eigenvalue weighted by atomic mass is 10.1. The van der Waals surface area contributed by atoms with Gasteiger partial charge in [-0.15, -0.1) is 0 Å². The molecule has 0 aromatic heterocycles. The maximum Gasteiger partial charge on any atom is 0.425 e. The van der Waals surface area contributed by atoms with Crippen molar-refractivity contribution >= 4 is 21.3 Å². The maximum atomic E-state index is 12.9. The number of nitrogens with zero attached hydrogens (tertiary/aromatic N) is 1. The first-order valence-corrected chi connectivity index (χ1v) is 14.1. The van der Waals surface area contributed by atoms with Gasteiger partial charge in [-0.05, 0) is 79.4 Å². The minimum absolute atomic E-state index is 0.00162. The zero-order valence-corrected chi connectivity index (χ0v) is 24.3. The van der Waals surface area contributed by atoms with E-state index in [1.807, 2.05) is 53.7 Å². The molecule has 1 rings (SSSR count). The zero-order chi connectivity index (χ0) is 28.9. The predicted molar refractivity (Wildman–Crippen MR) is 149 cm³/mol. The Labute approximate surface area is 217 Å². The lowest BCUT2D eigenvalue weighted by Crippen LogP contribution is -2.28. The summed E-state index contributed by atoms with van der Waals surface area (Å²) in [4.78, 5) is 14.8. The van der Waals surface area contributed by atoms with Crippen molar-refractivity contribution < 1.29 is 26.9 Å². The lowest BCUT2D eigenvalue weighted by Gasteiger charge is -2.17. The van der Waals surface area contributed by atoms with Gasteiger partial charge in [-0.1, -0.05) is 52.0 Å². The molecule has 1 fully saturated rings. The van der Waals surface area contributed by atoms with Crippen LogP contribution in [-0.4, -0.2) is 52.5 Å². The SMILES string of the molecule is C=C1CN(C(=O)/C(C)=C/C(=C\C=C(/C)OC(C)C(F)(F)F)S(=C)(C)=O)C/C1=C/C=C(C)C.CC.CC. The number of alkyl halides is 3. The number of likely N-dealkylation sites (tertiary alicyclic amines) is 1. The van der Waals surface area contributed by atoms with Crippen LogP contribution < -0.4 is 0 Å². The minimum atomic E-state index is -4.49. The number of rotatable bonds is 7. The highest BCUT2D eigenvalue weighted by Crippen LogP contribution is 2.25. The molecular weight excluding hydrogens is 487 g/mol. The Morgan fingerprint density at radius 1 is 1.06 bits per heavy atom. The third-order valence-corrected chi connectivity index (χ3v) is 5.85. The highest BCUT2D eigenvalue weighted by atomic mass is 32.2. The Morgan fingerprint density at radius 2 is 1.58 bits per heavy atom. The van der Waals surface area contributed by atoms with Gasteiger partial charge in [0.1, 0.15) is 0 Å². The Balaban J connectivity index is 0. The quantitative estimate of drug-likeness (QED) is 0.149. The maximum absolute atomic E-state index is 12.9. The summed E-state index contributed by atoms with van der Waals surface area (Å²) in [5.74, 6) is 3.39. The van der Waals surface area contributed by atoms with Crippen LogP contribution >= 0.6 is 0 Å². The van der Waals surface area contributed by atoms with Crippen molar-refractivity contribution in [3.8, 4) is 0 Å². The summed E-state index contributed by atoms with van der Waals surface area (Å²) in [6, 6.07) is 0. The number of hydrogen-bond donors (Lipinski definition) is 0. The van der Waals surface area contributed by atoms with E-state index >= 15 is 0 Å². The Hall–Kier alpha value is -2.48. The molecule has 2 atom stereocenters. The van der Waals surface area contributed by atoms with Crippen LogP contribution in [0.1, 0.15) is 62.3 Å². The number of halogens is 3. The molecule has 36 heavy (non-hydrogen) atoms. The molecule has 1 aliphatic heterocycles. The topological polar surface area (TPSA) is 46.6 Å². The van der Waals surface area contributed by atoms with Gasteiger partial charge in [-0.2, -0.15) is 13.2 Å². The van der Waals surface area contributed by atoms with Gasteiger partial charge >= 0.3 is 6.18 Å². The predicted octanol–water partition coefficient (Wildman–Crippen LogP) is 7.38. The van der Waals surface area contributed by atoms with E-state index in [9.17, 15) is 22.2 Å². The van der Waals surface area contributed by atoms with Crippen LogP contribution in [0.15, 0.2) is 69.9 Å². The molecule has 1 saturated heterocycles. The highest BCUT2D eigenvalue weighted by Gasteiger charge is 2.37. The van der Waals surface area contributed by atoms with Crippen molar-refractivity contribution in [3.05, 3.63) is 69.9 Å². The molecule has 1 heterocycles. The summed E-state index contributed by atoms with van der Waals surface area (Å²) in [6.07, 6.45) is 2.95. The van der Waals surface area contributed by atoms with Gasteiger partial charge in [0.15, 0.2) is 6.10 Å². The molecule has 0 aromatic rings. The molecule has 1 amide bonds. The number of allylic oxidation sites excluding steroid dienone is 7. The van der Waals surface area contributed by atoms with E-state index < -0.39 is 21.8 Å². The van der Waals surface area contributed by atoms with Gasteiger partial charge in [0.05, 0.1) is 5.76 Å². The van der Waals surface area contributed by atoms with Crippen LogP contribution in [0, 0.1) is 0 Å². The van der Waals surface area contributed by atoms with Gasteiger partial charge in [0, 0.05) is 29.8 Å². The molecule has 0 radical (unpaired) electrons. The fourth-order valence-corrected chi connectivity index (χ4v) is 3.49. The summed E-state index contributed by atoms with van der Waals surface area (Å²) < 4.78 is 55.4. The summed E-state index contributed by atoms with van der Waals surface area (Å²) in [5.41, 5.74) is 3.28. The number of ether oxygens (including phenoxy) is 1. The largest absolute Gasteiger partial charge is 0.486 e. The van der Waals surface area contributed by atoms with Crippen LogP contribution in [0.5, 0.6) is 0 Å². The highest BCUT2D eigenvalue weighted by molar-refractivity contribution is 8.03. The third kappa shape index (κ3) is 13.0. The van der Waals surface area contributed by atoms with E-state index in [4.69, 9.17) is 4.74 Å². The number of carbonyl (C=O) groups is 1. The molecule has 206 valence electrons. The molecule has 2 unspecified atom stereocenters. The van der Waals surface area contributed by atoms with Crippen LogP contribution in [-0.2, 0) is 19.1 Å². The number of carbonyl (C=O) groups excluding carboxylic acids is 1. The lowest BCUT2D eigenvalue weighted by molar-refractivity contribution is -0.203. The second kappa shape index (κ2) is 16.3. The second-order valence-electron chi connectivity index (χ2n) is 8.18. The van der Waals surface area contributed by atoms with Crippen molar-refractivity contribution in [2.75, 3.05) is 19.3 Å². The Morgan fingerprint density at radius 3 is 2.03 bits per heavy atom. The first-order valence-electron chi connectivity index (χ1n) is 12.0. The van der Waals surface area contributed by atoms with Crippen LogP contribution in [0.25, 0.3) is 0 Å². The fourth-order valence-electron chi connectivity index (χ4n) is 2.71. The third-order valence-electron chi connectivity index (χ3n) is 4.60. The van der Waals surface area contributed by atoms with E-state index in [-0.39, 0.29) is 16.6 Å². The first-order chi connectivity index (χ1) is 16.5. The van der Waals surface area contributed by atoms with E-state index in [2.05, 4.69) is 12.4 Å². The first kappa shape index (κ1) is 35.7. The van der Waals surface area contributed by atoms with E-state index in [1.54, 1.807) is 11.8 Å². The van der Waals surface area contributed by atoms with Crippen molar-refractivity contribution in [3.63, 3.8) is 0 Å². The molecule has 8 heteroatoms. The Kier molecular flexibility index (Phi) is 16.2. The summed E-state index contributed by atoms with van der Waals surface area (Å²) in [6.45, 7) is 20.6. The zero-order valence-electron chi connectivity index (χ0n) is 23.5. The molecule has 0 bridgehead atoms. The van der Waals surface area contributed by atoms with Crippen LogP contribution in [0.4, 0.5) is 13.2 Å². The van der Waals surface area contributed by atoms with Gasteiger partial charge < -0.3 is 9.64 Å². The van der Waals surface area contributed by atoms with Crippen LogP contribution in [0.3, 0.4) is 0 Å². The van der Waals surface area contributed by atoms with Gasteiger partial charge in [-0.3, -0.25) is 9.00 Å². The summed E-state index contributed by atoms with van der Waals surface area (Å²) >= 11 is 0. The average molecular weight is 532 g/mol. The standard InChI is InChI=1S/C24H32F3NO3S.2C2H6/c1-16(2)9-11-21-15-28(14-18(21)4)23(29)17(3)13-22(32(7,8)30)12-10-19(5)31-20(6)24(25,26)27;2*1-2/h9-13,20H,4,7,14-15H2,1-3,5-6,8H3;2*1-2H3/b17-13+,19-10+,21-11-,22-12+;;. The fraction of sp³-hybridized carbons (Fsp3) is 0.500. The van der Waals surface area contributed by atoms with Crippen molar-refractivity contribution in [2.24, 2.45) is 0 Å². The Bertz CT molecular complexity index is 1010. The number of amides is 1. The molecular formula is C28H44F3NO3S. The number of hydrogen-bond acceptors (Lipinski definition) is 3. The van der Waals surface area contributed by atoms with Crippen molar-refractivity contribution in [1.29, 1.82) is 0 Å². The van der Waals surface area contributed by atoms with E-state index in [1.165, 1.54) is 31.4 Å². The molecule has 0 aliphatic carbocycles. The molecule has 0 saturated carbocycles. The van der Waals surface area contributed by atoms with Crippen molar-refractivity contribution in [1.82, 2.24) is 4.90 Å². The van der Waals surface area contributed by atoms with E-state index in [0.29, 0.717) is 18.7 Å². The second-order valence-corrected chi connectivity index (χ2v) is 10.7. The normalized spacial score (nSPS) is 18.4. The molecule has 0 spiro atoms. The van der Waals surface area contributed by atoms with Crippen molar-refractivity contribution in [2.45, 2.75) is 74.6 Å². The van der Waals surface area contributed by atoms with Gasteiger partial charge in [0.2, 0.25) is 5.91 Å². The molecule has 1 aliphatic rings. The van der Waals surface area contributed by atoms with Gasteiger partial charge in [0.25, 0.3) is 0 Å². The van der Waals surface area contributed by atoms with Crippen LogP contribution in [0.2, 0.25) is 0 Å². The average Bonchev–Trinajstić information content (AvgIpc) is 3.16. The minimum Gasteiger partial charge on any atom is -0.486 e. The molecule has 0 aromatic carbocycles.